The smallest absolute Gasteiger partial charge is 0.222 e. The second-order valence-electron chi connectivity index (χ2n) is 3.98. The summed E-state index contributed by atoms with van der Waals surface area (Å²) in [6, 6.07) is 1.84. The van der Waals surface area contributed by atoms with Gasteiger partial charge in [-0.05, 0) is 13.0 Å². The molecular formula is C13H13N7. The largest absolute Gasteiger partial charge is 0.362 e. The van der Waals surface area contributed by atoms with Crippen molar-refractivity contribution in [2.75, 3.05) is 17.7 Å². The summed E-state index contributed by atoms with van der Waals surface area (Å²) in [6.07, 6.45) is 7.00. The van der Waals surface area contributed by atoms with E-state index in [-0.39, 0.29) is 0 Å². The summed E-state index contributed by atoms with van der Waals surface area (Å²) in [6.45, 7) is 5.20. The van der Waals surface area contributed by atoms with Gasteiger partial charge in [-0.25, -0.2) is 19.9 Å². The molecule has 0 spiro atoms. The van der Waals surface area contributed by atoms with Crippen LogP contribution in [0.4, 0.5) is 11.8 Å². The third kappa shape index (κ3) is 2.03. The summed E-state index contributed by atoms with van der Waals surface area (Å²) in [5, 5.41) is 5.88. The number of nitrogens with zero attached hydrogens (tertiary/aromatic N) is 5. The van der Waals surface area contributed by atoms with E-state index < -0.39 is 0 Å². The molecule has 2 N–H and O–H groups in total. The summed E-state index contributed by atoms with van der Waals surface area (Å²) in [5.74, 6) is 1.22. The first-order valence-electron chi connectivity index (χ1n) is 6.04. The molecule has 0 aliphatic rings. The van der Waals surface area contributed by atoms with Gasteiger partial charge in [0, 0.05) is 32.2 Å². The maximum absolute atomic E-state index is 4.42. The number of imidazole rings is 1. The number of fused-ring (bicyclic) bond motifs is 1. The van der Waals surface area contributed by atoms with Crippen molar-refractivity contribution in [2.45, 2.75) is 0 Å². The zero-order valence-electron chi connectivity index (χ0n) is 10.9. The van der Waals surface area contributed by atoms with E-state index in [1.807, 2.05) is 16.7 Å². The molecule has 0 amide bonds. The van der Waals surface area contributed by atoms with Crippen LogP contribution >= 0.6 is 0 Å². The van der Waals surface area contributed by atoms with E-state index >= 15 is 0 Å². The predicted molar refractivity (Wildman–Crippen MR) is 76.8 cm³/mol. The van der Waals surface area contributed by atoms with Crippen LogP contribution in [0.3, 0.4) is 0 Å². The normalized spacial score (nSPS) is 10.7. The predicted octanol–water partition coefficient (Wildman–Crippen LogP) is 1.64. The Hall–Kier alpha value is -2.70. The molecule has 3 heterocycles. The number of anilines is 2. The van der Waals surface area contributed by atoms with E-state index in [1.165, 1.54) is 0 Å². The quantitative estimate of drug-likeness (QED) is 0.748. The van der Waals surface area contributed by atoms with Crippen molar-refractivity contribution in [2.24, 2.45) is 0 Å². The van der Waals surface area contributed by atoms with Gasteiger partial charge in [0.25, 0.3) is 0 Å². The van der Waals surface area contributed by atoms with Crippen LogP contribution in [0, 0.1) is 13.5 Å². The average Bonchev–Trinajstić information content (AvgIpc) is 2.93. The first kappa shape index (κ1) is 12.3. The van der Waals surface area contributed by atoms with Crippen LogP contribution in [-0.4, -0.2) is 31.4 Å². The summed E-state index contributed by atoms with van der Waals surface area (Å²) in [5.41, 5.74) is 2.37. The van der Waals surface area contributed by atoms with Crippen molar-refractivity contribution in [3.8, 4) is 11.4 Å². The Morgan fingerprint density at radius 3 is 2.95 bits per heavy atom. The fourth-order valence-electron chi connectivity index (χ4n) is 1.93. The maximum atomic E-state index is 4.42. The Kier molecular flexibility index (Phi) is 3.16. The van der Waals surface area contributed by atoms with Crippen molar-refractivity contribution in [3.63, 3.8) is 0 Å². The summed E-state index contributed by atoms with van der Waals surface area (Å²) >= 11 is 0. The second-order valence-corrected chi connectivity index (χ2v) is 3.98. The third-order valence-electron chi connectivity index (χ3n) is 2.81. The first-order valence-corrected chi connectivity index (χ1v) is 6.04. The highest BCUT2D eigenvalue weighted by molar-refractivity contribution is 5.69. The van der Waals surface area contributed by atoms with E-state index in [2.05, 4.69) is 37.5 Å². The van der Waals surface area contributed by atoms with Crippen LogP contribution in [0.5, 0.6) is 0 Å². The van der Waals surface area contributed by atoms with Gasteiger partial charge in [-0.15, -0.1) is 0 Å². The number of aromatic nitrogens is 5. The number of rotatable bonds is 4. The Labute approximate surface area is 116 Å². The molecule has 0 atom stereocenters. The molecule has 3 aromatic heterocycles. The molecule has 3 aromatic rings. The Bertz CT molecular complexity index is 734. The molecule has 0 fully saturated rings. The van der Waals surface area contributed by atoms with Gasteiger partial charge in [0.2, 0.25) is 5.95 Å². The van der Waals surface area contributed by atoms with Gasteiger partial charge in [0.05, 0.1) is 17.6 Å². The van der Waals surface area contributed by atoms with Gasteiger partial charge in [-0.1, -0.05) is 0 Å². The van der Waals surface area contributed by atoms with Gasteiger partial charge in [0.1, 0.15) is 0 Å². The number of hydrogen-bond acceptors (Lipinski definition) is 6. The number of nitrogens with one attached hydrogen (secondary N) is 2. The van der Waals surface area contributed by atoms with Gasteiger partial charge < -0.3 is 10.6 Å². The van der Waals surface area contributed by atoms with Crippen LogP contribution in [0.25, 0.3) is 17.0 Å². The van der Waals surface area contributed by atoms with Crippen LogP contribution in [0.2, 0.25) is 0 Å². The highest BCUT2D eigenvalue weighted by atomic mass is 15.1. The van der Waals surface area contributed by atoms with Crippen LogP contribution < -0.4 is 10.6 Å². The molecule has 3 rings (SSSR count). The Morgan fingerprint density at radius 2 is 2.15 bits per heavy atom. The zero-order valence-corrected chi connectivity index (χ0v) is 10.9. The highest BCUT2D eigenvalue weighted by Gasteiger charge is 2.11. The van der Waals surface area contributed by atoms with Crippen molar-refractivity contribution in [3.05, 3.63) is 44.3 Å². The lowest BCUT2D eigenvalue weighted by Crippen LogP contribution is -2.00. The fraction of sp³-hybridized carbons (Fsp3) is 0.0769. The SMILES string of the molecule is [CH2][CH]Nc1nccn2c(-c3ccnc(NC)n3)cnc12. The first-order chi connectivity index (χ1) is 9.83. The molecule has 0 saturated heterocycles. The fourth-order valence-corrected chi connectivity index (χ4v) is 1.93. The molecule has 0 saturated carbocycles. The standard InChI is InChI=1S/C13H13N7/c1-3-15-11-12-18-8-10(20(12)7-6-16-11)9-4-5-17-13(14-2)19-9/h3-8H,1H2,2H3,(H,15,16)(H,14,17,19). The van der Waals surface area contributed by atoms with Crippen molar-refractivity contribution >= 4 is 17.4 Å². The van der Waals surface area contributed by atoms with Crippen LogP contribution in [0.1, 0.15) is 0 Å². The maximum Gasteiger partial charge on any atom is 0.222 e. The Balaban J connectivity index is 2.14. The molecular weight excluding hydrogens is 254 g/mol. The monoisotopic (exact) mass is 267 g/mol. The van der Waals surface area contributed by atoms with Crippen LogP contribution in [0.15, 0.2) is 30.9 Å². The summed E-state index contributed by atoms with van der Waals surface area (Å²) in [7, 11) is 1.78. The summed E-state index contributed by atoms with van der Waals surface area (Å²) in [4.78, 5) is 17.1. The van der Waals surface area contributed by atoms with Gasteiger partial charge in [0.15, 0.2) is 11.5 Å². The molecule has 100 valence electrons. The van der Waals surface area contributed by atoms with E-state index in [4.69, 9.17) is 0 Å². The minimum atomic E-state index is 0.566. The van der Waals surface area contributed by atoms with Crippen LogP contribution in [-0.2, 0) is 0 Å². The van der Waals surface area contributed by atoms with Gasteiger partial charge in [-0.3, -0.25) is 4.40 Å². The number of hydrogen-bond donors (Lipinski definition) is 2. The molecule has 0 bridgehead atoms. The molecule has 0 aromatic carbocycles. The molecule has 0 aliphatic heterocycles. The lowest BCUT2D eigenvalue weighted by atomic mass is 10.3. The lowest BCUT2D eigenvalue weighted by Gasteiger charge is -2.05. The topological polar surface area (TPSA) is 80.0 Å². The van der Waals surface area contributed by atoms with Gasteiger partial charge in [-0.2, -0.15) is 0 Å². The van der Waals surface area contributed by atoms with E-state index in [1.54, 1.807) is 32.2 Å². The zero-order chi connectivity index (χ0) is 13.9. The summed E-state index contributed by atoms with van der Waals surface area (Å²) < 4.78 is 1.92. The van der Waals surface area contributed by atoms with Gasteiger partial charge >= 0.3 is 0 Å². The van der Waals surface area contributed by atoms with E-state index in [9.17, 15) is 0 Å². The third-order valence-corrected chi connectivity index (χ3v) is 2.81. The molecule has 2 radical (unpaired) electrons. The minimum absolute atomic E-state index is 0.566. The van der Waals surface area contributed by atoms with Crippen molar-refractivity contribution < 1.29 is 0 Å². The highest BCUT2D eigenvalue weighted by Crippen LogP contribution is 2.22. The lowest BCUT2D eigenvalue weighted by molar-refractivity contribution is 1.10. The Morgan fingerprint density at radius 1 is 1.25 bits per heavy atom. The molecule has 0 aliphatic carbocycles. The van der Waals surface area contributed by atoms with E-state index in [0.717, 1.165) is 11.4 Å². The van der Waals surface area contributed by atoms with Crippen molar-refractivity contribution in [1.29, 1.82) is 0 Å². The van der Waals surface area contributed by atoms with E-state index in [0.29, 0.717) is 17.4 Å². The molecule has 20 heavy (non-hydrogen) atoms. The minimum Gasteiger partial charge on any atom is -0.362 e. The second kappa shape index (κ2) is 5.12. The molecule has 7 nitrogen and oxygen atoms in total. The molecule has 0 unspecified atom stereocenters. The molecule has 7 heteroatoms. The average molecular weight is 267 g/mol. The van der Waals surface area contributed by atoms with Crippen molar-refractivity contribution in [1.82, 2.24) is 24.3 Å².